The minimum atomic E-state index is -3.90. The number of carbonyl (C=O) groups is 1. The Bertz CT molecular complexity index is 201. The van der Waals surface area contributed by atoms with Crippen LogP contribution in [-0.2, 0) is 9.84 Å². The summed E-state index contributed by atoms with van der Waals surface area (Å²) in [7, 11) is -3.90. The normalized spacial score (nSPS) is 11.9. The van der Waals surface area contributed by atoms with E-state index in [1.165, 1.54) is 13.8 Å². The second kappa shape index (κ2) is 2.34. The average Bonchev–Trinajstić information content (AvgIpc) is 1.65. The van der Waals surface area contributed by atoms with Crippen LogP contribution in [0.25, 0.3) is 0 Å². The average molecular weight is 152 g/mol. The summed E-state index contributed by atoms with van der Waals surface area (Å²) in [6, 6.07) is 0. The standard InChI is InChI=1S/C4H8O4S/c1-3(2)9(7,8)4(5)6/h3H,1-2H3,(H,5,6). The molecule has 0 heterocycles. The topological polar surface area (TPSA) is 71.4 Å². The van der Waals surface area contributed by atoms with Crippen LogP contribution in [-0.4, -0.2) is 24.1 Å². The van der Waals surface area contributed by atoms with E-state index >= 15 is 0 Å². The van der Waals surface area contributed by atoms with Gasteiger partial charge in [-0.2, -0.15) is 0 Å². The molecule has 9 heavy (non-hydrogen) atoms. The Kier molecular flexibility index (Phi) is 2.19. The number of carboxylic acid groups (broad SMARTS) is 1. The van der Waals surface area contributed by atoms with E-state index < -0.39 is 20.4 Å². The van der Waals surface area contributed by atoms with Crippen molar-refractivity contribution in [2.24, 2.45) is 0 Å². The highest BCUT2D eigenvalue weighted by atomic mass is 32.2. The monoisotopic (exact) mass is 152 g/mol. The quantitative estimate of drug-likeness (QED) is 0.593. The third-order valence-corrected chi connectivity index (χ3v) is 2.59. The summed E-state index contributed by atoms with van der Waals surface area (Å²) in [5.41, 5.74) is 0. The zero-order valence-corrected chi connectivity index (χ0v) is 5.97. The largest absolute Gasteiger partial charge is 0.470 e. The number of hydrogen-bond acceptors (Lipinski definition) is 3. The molecule has 0 rings (SSSR count). The van der Waals surface area contributed by atoms with Gasteiger partial charge in [-0.05, 0) is 13.8 Å². The Hall–Kier alpha value is -0.580. The van der Waals surface area contributed by atoms with Crippen LogP contribution in [0.4, 0.5) is 4.79 Å². The lowest BCUT2D eigenvalue weighted by molar-refractivity contribution is 0.219. The minimum absolute atomic E-state index is 0.838. The van der Waals surface area contributed by atoms with Gasteiger partial charge in [0.25, 0.3) is 9.84 Å². The molecule has 0 bridgehead atoms. The highest BCUT2D eigenvalue weighted by Crippen LogP contribution is 2.00. The molecule has 0 aromatic rings. The molecular formula is C4H8O4S. The molecule has 0 aromatic heterocycles. The molecule has 0 atom stereocenters. The van der Waals surface area contributed by atoms with E-state index in [2.05, 4.69) is 0 Å². The Balaban J connectivity index is 4.63. The molecule has 5 heteroatoms. The Morgan fingerprint density at radius 1 is 1.44 bits per heavy atom. The third kappa shape index (κ3) is 1.67. The third-order valence-electron chi connectivity index (χ3n) is 0.864. The molecule has 0 saturated heterocycles. The van der Waals surface area contributed by atoms with E-state index in [4.69, 9.17) is 5.11 Å². The molecule has 0 amide bonds. The summed E-state index contributed by atoms with van der Waals surface area (Å²) in [6.07, 6.45) is 0. The van der Waals surface area contributed by atoms with E-state index in [1.54, 1.807) is 0 Å². The molecular weight excluding hydrogens is 144 g/mol. The molecule has 0 aliphatic carbocycles. The van der Waals surface area contributed by atoms with Crippen LogP contribution in [0.3, 0.4) is 0 Å². The maximum Gasteiger partial charge on any atom is 0.422 e. The first-order chi connectivity index (χ1) is 3.89. The fourth-order valence-corrected chi connectivity index (χ4v) is 0.605. The highest BCUT2D eigenvalue weighted by Gasteiger charge is 2.24. The zero-order chi connectivity index (χ0) is 7.65. The second-order valence-electron chi connectivity index (χ2n) is 1.86. The van der Waals surface area contributed by atoms with Gasteiger partial charge < -0.3 is 5.11 Å². The molecule has 0 aromatic carbocycles. The molecule has 0 aliphatic rings. The summed E-state index contributed by atoms with van der Waals surface area (Å²) in [5.74, 6) is 0. The van der Waals surface area contributed by atoms with Crippen molar-refractivity contribution in [2.45, 2.75) is 19.1 Å². The molecule has 0 fully saturated rings. The first-order valence-electron chi connectivity index (χ1n) is 2.36. The molecule has 0 spiro atoms. The Labute approximate surface area is 53.4 Å². The van der Waals surface area contributed by atoms with Gasteiger partial charge in [0.1, 0.15) is 0 Å². The molecule has 0 aliphatic heterocycles. The number of hydrogen-bond donors (Lipinski definition) is 1. The summed E-state index contributed by atoms with van der Waals surface area (Å²) in [4.78, 5) is 9.87. The van der Waals surface area contributed by atoms with Crippen molar-refractivity contribution in [3.63, 3.8) is 0 Å². The van der Waals surface area contributed by atoms with Crippen LogP contribution in [0.5, 0.6) is 0 Å². The number of rotatable bonds is 1. The first-order valence-corrected chi connectivity index (χ1v) is 3.90. The van der Waals surface area contributed by atoms with Crippen molar-refractivity contribution in [1.29, 1.82) is 0 Å². The van der Waals surface area contributed by atoms with Gasteiger partial charge in [0.15, 0.2) is 0 Å². The van der Waals surface area contributed by atoms with Crippen molar-refractivity contribution < 1.29 is 18.3 Å². The fourth-order valence-electron chi connectivity index (χ4n) is 0.202. The van der Waals surface area contributed by atoms with E-state index in [1.807, 2.05) is 0 Å². The van der Waals surface area contributed by atoms with Crippen molar-refractivity contribution in [2.75, 3.05) is 0 Å². The van der Waals surface area contributed by atoms with Crippen LogP contribution in [0, 0.1) is 0 Å². The highest BCUT2D eigenvalue weighted by molar-refractivity contribution is 8.06. The van der Waals surface area contributed by atoms with Gasteiger partial charge in [-0.3, -0.25) is 0 Å². The van der Waals surface area contributed by atoms with Crippen molar-refractivity contribution in [1.82, 2.24) is 0 Å². The van der Waals surface area contributed by atoms with Gasteiger partial charge in [-0.15, -0.1) is 0 Å². The molecule has 0 unspecified atom stereocenters. The molecule has 0 radical (unpaired) electrons. The van der Waals surface area contributed by atoms with Gasteiger partial charge in [0.2, 0.25) is 0 Å². The summed E-state index contributed by atoms with van der Waals surface area (Å²) < 4.78 is 20.9. The SMILES string of the molecule is CC(C)S(=O)(=O)C(=O)O. The fraction of sp³-hybridized carbons (Fsp3) is 0.750. The minimum Gasteiger partial charge on any atom is -0.470 e. The van der Waals surface area contributed by atoms with Crippen LogP contribution >= 0.6 is 0 Å². The lowest BCUT2D eigenvalue weighted by Gasteiger charge is -1.98. The first kappa shape index (κ1) is 8.42. The van der Waals surface area contributed by atoms with E-state index in [0.29, 0.717) is 0 Å². The Morgan fingerprint density at radius 2 is 1.78 bits per heavy atom. The summed E-state index contributed by atoms with van der Waals surface area (Å²) in [6.45, 7) is 2.65. The van der Waals surface area contributed by atoms with E-state index in [9.17, 15) is 13.2 Å². The van der Waals surface area contributed by atoms with Gasteiger partial charge in [-0.1, -0.05) is 0 Å². The van der Waals surface area contributed by atoms with E-state index in [-0.39, 0.29) is 0 Å². The van der Waals surface area contributed by atoms with Crippen LogP contribution in [0.2, 0.25) is 0 Å². The summed E-state index contributed by atoms with van der Waals surface area (Å²) in [5, 5.41) is 5.43. The van der Waals surface area contributed by atoms with Crippen LogP contribution < -0.4 is 0 Å². The summed E-state index contributed by atoms with van der Waals surface area (Å²) >= 11 is 0. The van der Waals surface area contributed by atoms with E-state index in [0.717, 1.165) is 0 Å². The lowest BCUT2D eigenvalue weighted by Crippen LogP contribution is -2.21. The van der Waals surface area contributed by atoms with Crippen LogP contribution in [0.15, 0.2) is 0 Å². The zero-order valence-electron chi connectivity index (χ0n) is 5.16. The van der Waals surface area contributed by atoms with Crippen molar-refractivity contribution in [3.8, 4) is 0 Å². The van der Waals surface area contributed by atoms with Crippen LogP contribution in [0.1, 0.15) is 13.8 Å². The number of sulfone groups is 1. The Morgan fingerprint density at radius 3 is 1.78 bits per heavy atom. The maximum atomic E-state index is 10.4. The van der Waals surface area contributed by atoms with Gasteiger partial charge in [-0.25, -0.2) is 13.2 Å². The lowest BCUT2D eigenvalue weighted by atomic mass is 10.6. The van der Waals surface area contributed by atoms with Gasteiger partial charge in [0.05, 0.1) is 5.25 Å². The van der Waals surface area contributed by atoms with Crippen molar-refractivity contribution >= 4 is 15.1 Å². The molecule has 54 valence electrons. The van der Waals surface area contributed by atoms with Gasteiger partial charge in [0, 0.05) is 0 Å². The molecule has 1 N–H and O–H groups in total. The predicted octanol–water partition coefficient (Wildman–Crippen LogP) is 0.488. The molecule has 0 saturated carbocycles. The predicted molar refractivity (Wildman–Crippen MR) is 32.1 cm³/mol. The van der Waals surface area contributed by atoms with Gasteiger partial charge >= 0.3 is 5.30 Å². The smallest absolute Gasteiger partial charge is 0.422 e. The maximum absolute atomic E-state index is 10.4. The second-order valence-corrected chi connectivity index (χ2v) is 4.24. The molecule has 4 nitrogen and oxygen atoms in total. The van der Waals surface area contributed by atoms with Crippen molar-refractivity contribution in [3.05, 3.63) is 0 Å².